The zero-order valence-electron chi connectivity index (χ0n) is 12.5. The van der Waals surface area contributed by atoms with E-state index in [1.807, 2.05) is 24.3 Å². The predicted molar refractivity (Wildman–Crippen MR) is 95.5 cm³/mol. The van der Waals surface area contributed by atoms with Gasteiger partial charge in [0.2, 0.25) is 0 Å². The molecule has 3 nitrogen and oxygen atoms in total. The third-order valence-electron chi connectivity index (χ3n) is 3.92. The molecule has 24 heavy (non-hydrogen) atoms. The Morgan fingerprint density at radius 3 is 1.88 bits per heavy atom. The van der Waals surface area contributed by atoms with E-state index in [4.69, 9.17) is 11.6 Å². The van der Waals surface area contributed by atoms with Crippen LogP contribution >= 0.6 is 11.6 Å². The van der Waals surface area contributed by atoms with Crippen LogP contribution in [0, 0.1) is 0 Å². The number of fused-ring (bicyclic) bond motifs is 2. The fraction of sp³-hybridized carbons (Fsp3) is 0. The van der Waals surface area contributed by atoms with Crippen LogP contribution in [0.15, 0.2) is 82.6 Å². The molecule has 0 radical (unpaired) electrons. The van der Waals surface area contributed by atoms with Gasteiger partial charge >= 0.3 is 0 Å². The molecule has 5 heteroatoms. The van der Waals surface area contributed by atoms with Crippen molar-refractivity contribution in [1.82, 2.24) is 0 Å². The average molecular weight is 354 g/mol. The molecule has 0 saturated heterocycles. The number of halogens is 1. The Morgan fingerprint density at radius 2 is 1.29 bits per heavy atom. The smallest absolute Gasteiger partial charge is 0.264 e. The van der Waals surface area contributed by atoms with Crippen molar-refractivity contribution < 1.29 is 9.00 Å². The molecule has 0 bridgehead atoms. The summed E-state index contributed by atoms with van der Waals surface area (Å²) in [4.78, 5) is 16.0. The van der Waals surface area contributed by atoms with Gasteiger partial charge in [-0.2, -0.15) is 0 Å². The van der Waals surface area contributed by atoms with Crippen molar-refractivity contribution in [1.29, 1.82) is 0 Å². The maximum Gasteiger partial charge on any atom is 0.264 e. The molecule has 0 unspecified atom stereocenters. The molecular weight excluding hydrogens is 342 g/mol. The third kappa shape index (κ3) is 2.27. The predicted octanol–water partition coefficient (Wildman–Crippen LogP) is 4.80. The number of amides is 1. The van der Waals surface area contributed by atoms with Gasteiger partial charge in [-0.3, -0.25) is 9.69 Å². The van der Waals surface area contributed by atoms with E-state index >= 15 is 0 Å². The minimum absolute atomic E-state index is 0.239. The summed E-state index contributed by atoms with van der Waals surface area (Å²) in [5.74, 6) is -0.239. The normalized spacial score (nSPS) is 13.3. The molecule has 0 spiro atoms. The number of hydrogen-bond acceptors (Lipinski definition) is 2. The zero-order chi connectivity index (χ0) is 16.7. The van der Waals surface area contributed by atoms with Crippen molar-refractivity contribution in [3.8, 4) is 0 Å². The lowest BCUT2D eigenvalue weighted by Crippen LogP contribution is -2.30. The summed E-state index contributed by atoms with van der Waals surface area (Å²) in [5.41, 5.74) is 1.66. The van der Waals surface area contributed by atoms with Gasteiger partial charge in [0.05, 0.1) is 42.6 Å². The monoisotopic (exact) mass is 353 g/mol. The SMILES string of the molecule is O=C(c1ccccc1Cl)N1c2ccccc2S(=O)c2ccccc21. The lowest BCUT2D eigenvalue weighted by molar-refractivity contribution is 0.0998. The van der Waals surface area contributed by atoms with Gasteiger partial charge in [0.1, 0.15) is 0 Å². The standard InChI is InChI=1S/C19H12ClNO2S/c20-14-8-2-1-7-13(14)19(22)21-15-9-3-5-11-17(15)24(23)18-12-6-4-10-16(18)21/h1-12H. The van der Waals surface area contributed by atoms with Crippen LogP contribution in [0.2, 0.25) is 5.02 Å². The molecule has 1 heterocycles. The number of benzene rings is 3. The first-order valence-electron chi connectivity index (χ1n) is 7.37. The first kappa shape index (κ1) is 15.1. The van der Waals surface area contributed by atoms with Gasteiger partial charge in [0.15, 0.2) is 0 Å². The molecule has 3 aromatic carbocycles. The Hall–Kier alpha value is -2.43. The summed E-state index contributed by atoms with van der Waals surface area (Å²) in [6, 6.07) is 21.4. The number of hydrogen-bond donors (Lipinski definition) is 0. The summed E-state index contributed by atoms with van der Waals surface area (Å²) >= 11 is 6.21. The fourth-order valence-corrected chi connectivity index (χ4v) is 4.38. The van der Waals surface area contributed by atoms with Crippen LogP contribution in [0.1, 0.15) is 10.4 Å². The van der Waals surface area contributed by atoms with Gasteiger partial charge in [-0.1, -0.05) is 48.0 Å². The average Bonchev–Trinajstić information content (AvgIpc) is 2.62. The van der Waals surface area contributed by atoms with Crippen LogP contribution in [-0.2, 0) is 10.8 Å². The van der Waals surface area contributed by atoms with E-state index in [1.165, 1.54) is 0 Å². The van der Waals surface area contributed by atoms with E-state index in [9.17, 15) is 9.00 Å². The molecule has 0 aliphatic carbocycles. The van der Waals surface area contributed by atoms with Gasteiger partial charge in [0, 0.05) is 0 Å². The molecule has 1 aliphatic heterocycles. The number of carbonyl (C=O) groups excluding carboxylic acids is 1. The number of rotatable bonds is 1. The van der Waals surface area contributed by atoms with E-state index in [-0.39, 0.29) is 5.91 Å². The summed E-state index contributed by atoms with van der Waals surface area (Å²) in [7, 11) is -1.32. The minimum Gasteiger partial charge on any atom is -0.274 e. The fourth-order valence-electron chi connectivity index (χ4n) is 2.82. The molecule has 4 rings (SSSR count). The molecule has 118 valence electrons. The van der Waals surface area contributed by atoms with Crippen LogP contribution in [-0.4, -0.2) is 10.1 Å². The highest BCUT2D eigenvalue weighted by molar-refractivity contribution is 7.85. The molecule has 0 atom stereocenters. The van der Waals surface area contributed by atoms with Crippen molar-refractivity contribution >= 4 is 39.7 Å². The second-order valence-corrected chi connectivity index (χ2v) is 7.15. The number of para-hydroxylation sites is 2. The van der Waals surface area contributed by atoms with Gasteiger partial charge in [-0.05, 0) is 36.4 Å². The number of carbonyl (C=O) groups is 1. The van der Waals surface area contributed by atoms with Gasteiger partial charge < -0.3 is 0 Å². The lowest BCUT2D eigenvalue weighted by Gasteiger charge is -2.31. The highest BCUT2D eigenvalue weighted by atomic mass is 35.5. The van der Waals surface area contributed by atoms with E-state index in [0.29, 0.717) is 31.8 Å². The van der Waals surface area contributed by atoms with Crippen LogP contribution < -0.4 is 4.90 Å². The maximum absolute atomic E-state index is 13.2. The van der Waals surface area contributed by atoms with E-state index in [1.54, 1.807) is 53.4 Å². The van der Waals surface area contributed by atoms with Crippen LogP contribution in [0.4, 0.5) is 11.4 Å². The molecule has 3 aromatic rings. The highest BCUT2D eigenvalue weighted by Crippen LogP contribution is 2.42. The zero-order valence-corrected chi connectivity index (χ0v) is 14.1. The van der Waals surface area contributed by atoms with Crippen molar-refractivity contribution in [2.24, 2.45) is 0 Å². The Morgan fingerprint density at radius 1 is 0.792 bits per heavy atom. The molecule has 0 N–H and O–H groups in total. The van der Waals surface area contributed by atoms with E-state index in [0.717, 1.165) is 0 Å². The summed E-state index contributed by atoms with van der Waals surface area (Å²) in [5, 5.41) is 0.393. The van der Waals surface area contributed by atoms with Gasteiger partial charge in [-0.25, -0.2) is 4.21 Å². The largest absolute Gasteiger partial charge is 0.274 e. The Labute approximate surface area is 147 Å². The minimum atomic E-state index is -1.32. The molecule has 0 fully saturated rings. The molecule has 1 amide bonds. The van der Waals surface area contributed by atoms with Crippen molar-refractivity contribution in [2.75, 3.05) is 4.90 Å². The van der Waals surface area contributed by atoms with Crippen molar-refractivity contribution in [3.05, 3.63) is 83.4 Å². The van der Waals surface area contributed by atoms with E-state index < -0.39 is 10.8 Å². The molecular formula is C19H12ClNO2S. The molecule has 1 aliphatic rings. The van der Waals surface area contributed by atoms with Crippen LogP contribution in [0.3, 0.4) is 0 Å². The Balaban J connectivity index is 1.96. The van der Waals surface area contributed by atoms with Crippen molar-refractivity contribution in [3.63, 3.8) is 0 Å². The summed E-state index contributed by atoms with van der Waals surface area (Å²) in [6.07, 6.45) is 0. The van der Waals surface area contributed by atoms with Crippen LogP contribution in [0.5, 0.6) is 0 Å². The summed E-state index contributed by atoms with van der Waals surface area (Å²) < 4.78 is 12.8. The molecule has 0 aromatic heterocycles. The Bertz CT molecular complexity index is 937. The second kappa shape index (κ2) is 5.89. The topological polar surface area (TPSA) is 37.4 Å². The first-order chi connectivity index (χ1) is 11.7. The first-order valence-corrected chi connectivity index (χ1v) is 8.90. The van der Waals surface area contributed by atoms with Crippen molar-refractivity contribution in [2.45, 2.75) is 9.79 Å². The van der Waals surface area contributed by atoms with Crippen LogP contribution in [0.25, 0.3) is 0 Å². The maximum atomic E-state index is 13.2. The number of nitrogens with zero attached hydrogens (tertiary/aromatic N) is 1. The van der Waals surface area contributed by atoms with Gasteiger partial charge in [-0.15, -0.1) is 0 Å². The number of anilines is 2. The molecule has 0 saturated carbocycles. The quantitative estimate of drug-likeness (QED) is 0.630. The lowest BCUT2D eigenvalue weighted by atomic mass is 10.1. The highest BCUT2D eigenvalue weighted by Gasteiger charge is 2.32. The van der Waals surface area contributed by atoms with Gasteiger partial charge in [0.25, 0.3) is 5.91 Å². The third-order valence-corrected chi connectivity index (χ3v) is 5.74. The Kier molecular flexibility index (Phi) is 3.71. The van der Waals surface area contributed by atoms with E-state index in [2.05, 4.69) is 0 Å². The second-order valence-electron chi connectivity index (χ2n) is 5.32. The summed E-state index contributed by atoms with van der Waals surface area (Å²) in [6.45, 7) is 0.